The van der Waals surface area contributed by atoms with E-state index in [2.05, 4.69) is 40.3 Å². The van der Waals surface area contributed by atoms with Crippen molar-refractivity contribution in [3.8, 4) is 11.4 Å². The predicted molar refractivity (Wildman–Crippen MR) is 75.8 cm³/mol. The topological polar surface area (TPSA) is 41.6 Å². The lowest BCUT2D eigenvalue weighted by Crippen LogP contribution is -1.90. The zero-order valence-electron chi connectivity index (χ0n) is 10.8. The van der Waals surface area contributed by atoms with Crippen LogP contribution >= 0.6 is 0 Å². The van der Waals surface area contributed by atoms with Crippen molar-refractivity contribution in [1.29, 1.82) is 0 Å². The molecule has 0 spiro atoms. The fourth-order valence-corrected chi connectivity index (χ4v) is 2.11. The maximum absolute atomic E-state index is 4.57. The van der Waals surface area contributed by atoms with Crippen molar-refractivity contribution in [2.45, 2.75) is 13.3 Å². The van der Waals surface area contributed by atoms with Gasteiger partial charge in [0.25, 0.3) is 0 Å². The van der Waals surface area contributed by atoms with E-state index in [1.807, 2.05) is 36.4 Å². The van der Waals surface area contributed by atoms with Crippen molar-refractivity contribution < 1.29 is 0 Å². The summed E-state index contributed by atoms with van der Waals surface area (Å²) in [6.07, 6.45) is 0.778. The van der Waals surface area contributed by atoms with Gasteiger partial charge in [-0.05, 0) is 18.1 Å². The Morgan fingerprint density at radius 1 is 0.947 bits per heavy atom. The summed E-state index contributed by atoms with van der Waals surface area (Å²) >= 11 is 0. The monoisotopic (exact) mass is 249 g/mol. The molecule has 0 aliphatic rings. The standard InChI is InChI=1S/C16H15N3/c1-12-7-5-6-10-14(12)16-17-15(18-19-16)11-13-8-3-2-4-9-13/h2-10H,11H2,1H3,(H,17,18,19). The van der Waals surface area contributed by atoms with Crippen molar-refractivity contribution in [1.82, 2.24) is 15.2 Å². The van der Waals surface area contributed by atoms with Crippen molar-refractivity contribution in [2.75, 3.05) is 0 Å². The van der Waals surface area contributed by atoms with Gasteiger partial charge in [-0.2, -0.15) is 5.10 Å². The second-order valence-electron chi connectivity index (χ2n) is 4.58. The highest BCUT2D eigenvalue weighted by atomic mass is 15.2. The Bertz CT molecular complexity index is 671. The summed E-state index contributed by atoms with van der Waals surface area (Å²) in [5.74, 6) is 1.66. The molecule has 1 N–H and O–H groups in total. The second kappa shape index (κ2) is 5.06. The van der Waals surface area contributed by atoms with Crippen molar-refractivity contribution in [3.05, 3.63) is 71.5 Å². The van der Waals surface area contributed by atoms with E-state index in [-0.39, 0.29) is 0 Å². The van der Waals surface area contributed by atoms with Gasteiger partial charge in [-0.15, -0.1) is 0 Å². The van der Waals surface area contributed by atoms with E-state index >= 15 is 0 Å². The summed E-state index contributed by atoms with van der Waals surface area (Å²) in [4.78, 5) is 4.57. The number of hydrogen-bond acceptors (Lipinski definition) is 2. The van der Waals surface area contributed by atoms with E-state index < -0.39 is 0 Å². The van der Waals surface area contributed by atoms with Crippen LogP contribution in [-0.2, 0) is 6.42 Å². The third kappa shape index (κ3) is 2.55. The molecule has 3 aromatic rings. The van der Waals surface area contributed by atoms with Crippen LogP contribution in [0.15, 0.2) is 54.6 Å². The maximum atomic E-state index is 4.57. The van der Waals surface area contributed by atoms with E-state index in [0.29, 0.717) is 0 Å². The number of aryl methyl sites for hydroxylation is 1. The van der Waals surface area contributed by atoms with Crippen molar-refractivity contribution >= 4 is 0 Å². The smallest absolute Gasteiger partial charge is 0.181 e. The molecule has 0 radical (unpaired) electrons. The lowest BCUT2D eigenvalue weighted by Gasteiger charge is -1.99. The van der Waals surface area contributed by atoms with Gasteiger partial charge in [0.05, 0.1) is 0 Å². The predicted octanol–water partition coefficient (Wildman–Crippen LogP) is 3.37. The quantitative estimate of drug-likeness (QED) is 0.773. The third-order valence-corrected chi connectivity index (χ3v) is 3.13. The van der Waals surface area contributed by atoms with Crippen LogP contribution in [0.25, 0.3) is 11.4 Å². The van der Waals surface area contributed by atoms with Gasteiger partial charge in [-0.1, -0.05) is 54.6 Å². The molecule has 0 bridgehead atoms. The molecule has 3 nitrogen and oxygen atoms in total. The first kappa shape index (κ1) is 11.7. The average Bonchev–Trinajstić information content (AvgIpc) is 2.89. The number of aromatic amines is 1. The molecule has 94 valence electrons. The summed E-state index contributed by atoms with van der Waals surface area (Å²) in [6, 6.07) is 18.4. The van der Waals surface area contributed by atoms with Crippen LogP contribution in [0.4, 0.5) is 0 Å². The Morgan fingerprint density at radius 2 is 1.68 bits per heavy atom. The largest absolute Gasteiger partial charge is 0.262 e. The SMILES string of the molecule is Cc1ccccc1-c1n[nH]c(Cc2ccccc2)n1. The molecule has 3 rings (SSSR count). The molecule has 0 unspecified atom stereocenters. The Morgan fingerprint density at radius 3 is 2.47 bits per heavy atom. The molecule has 2 aromatic carbocycles. The van der Waals surface area contributed by atoms with E-state index in [0.717, 1.165) is 23.6 Å². The lowest BCUT2D eigenvalue weighted by atomic mass is 10.1. The minimum Gasteiger partial charge on any atom is -0.262 e. The van der Waals surface area contributed by atoms with Crippen LogP contribution in [-0.4, -0.2) is 15.2 Å². The van der Waals surface area contributed by atoms with Crippen LogP contribution < -0.4 is 0 Å². The van der Waals surface area contributed by atoms with Crippen molar-refractivity contribution in [3.63, 3.8) is 0 Å². The molecule has 0 aliphatic carbocycles. The average molecular weight is 249 g/mol. The zero-order chi connectivity index (χ0) is 13.1. The minimum atomic E-state index is 0.768. The second-order valence-corrected chi connectivity index (χ2v) is 4.58. The number of nitrogens with zero attached hydrogens (tertiary/aromatic N) is 2. The van der Waals surface area contributed by atoms with Crippen LogP contribution in [0.2, 0.25) is 0 Å². The maximum Gasteiger partial charge on any atom is 0.181 e. The number of nitrogens with one attached hydrogen (secondary N) is 1. The van der Waals surface area contributed by atoms with Gasteiger partial charge >= 0.3 is 0 Å². The number of rotatable bonds is 3. The fraction of sp³-hybridized carbons (Fsp3) is 0.125. The van der Waals surface area contributed by atoms with E-state index in [4.69, 9.17) is 0 Å². The highest BCUT2D eigenvalue weighted by Crippen LogP contribution is 2.19. The lowest BCUT2D eigenvalue weighted by molar-refractivity contribution is 0.972. The number of hydrogen-bond donors (Lipinski definition) is 1. The minimum absolute atomic E-state index is 0.768. The molecule has 19 heavy (non-hydrogen) atoms. The van der Waals surface area contributed by atoms with Gasteiger partial charge in [0.2, 0.25) is 0 Å². The molecule has 0 saturated carbocycles. The van der Waals surface area contributed by atoms with Gasteiger partial charge in [-0.3, -0.25) is 5.10 Å². The van der Waals surface area contributed by atoms with Gasteiger partial charge < -0.3 is 0 Å². The third-order valence-electron chi connectivity index (χ3n) is 3.13. The van der Waals surface area contributed by atoms with Crippen LogP contribution in [0.5, 0.6) is 0 Å². The number of benzene rings is 2. The van der Waals surface area contributed by atoms with Gasteiger partial charge in [-0.25, -0.2) is 4.98 Å². The summed E-state index contributed by atoms with van der Waals surface area (Å²) in [5, 5.41) is 7.33. The summed E-state index contributed by atoms with van der Waals surface area (Å²) in [6.45, 7) is 2.07. The molecule has 1 heterocycles. The van der Waals surface area contributed by atoms with Gasteiger partial charge in [0, 0.05) is 12.0 Å². The van der Waals surface area contributed by atoms with Crippen LogP contribution in [0.3, 0.4) is 0 Å². The first-order chi connectivity index (χ1) is 9.33. The molecule has 0 atom stereocenters. The van der Waals surface area contributed by atoms with Gasteiger partial charge in [0.15, 0.2) is 5.82 Å². The Hall–Kier alpha value is -2.42. The molecule has 3 heteroatoms. The first-order valence-electron chi connectivity index (χ1n) is 6.34. The molecular formula is C16H15N3. The molecule has 0 saturated heterocycles. The molecule has 0 aliphatic heterocycles. The molecule has 0 amide bonds. The highest BCUT2D eigenvalue weighted by molar-refractivity contribution is 5.59. The Balaban J connectivity index is 1.86. The normalized spacial score (nSPS) is 10.6. The molecule has 1 aromatic heterocycles. The Labute approximate surface area is 112 Å². The Kier molecular flexibility index (Phi) is 3.11. The van der Waals surface area contributed by atoms with E-state index in [1.165, 1.54) is 11.1 Å². The summed E-state index contributed by atoms with van der Waals surface area (Å²) < 4.78 is 0. The van der Waals surface area contributed by atoms with E-state index in [1.54, 1.807) is 0 Å². The summed E-state index contributed by atoms with van der Waals surface area (Å²) in [7, 11) is 0. The molecule has 0 fully saturated rings. The van der Waals surface area contributed by atoms with Crippen molar-refractivity contribution in [2.24, 2.45) is 0 Å². The fourth-order valence-electron chi connectivity index (χ4n) is 2.11. The van der Waals surface area contributed by atoms with Crippen LogP contribution in [0.1, 0.15) is 17.0 Å². The van der Waals surface area contributed by atoms with E-state index in [9.17, 15) is 0 Å². The summed E-state index contributed by atoms with van der Waals surface area (Å²) in [5.41, 5.74) is 3.50. The first-order valence-corrected chi connectivity index (χ1v) is 6.34. The highest BCUT2D eigenvalue weighted by Gasteiger charge is 2.08. The number of H-pyrrole nitrogens is 1. The zero-order valence-corrected chi connectivity index (χ0v) is 10.8. The number of aromatic nitrogens is 3. The van der Waals surface area contributed by atoms with Gasteiger partial charge in [0.1, 0.15) is 5.82 Å². The van der Waals surface area contributed by atoms with Crippen LogP contribution in [0, 0.1) is 6.92 Å². The molecular weight excluding hydrogens is 234 g/mol.